The highest BCUT2D eigenvalue weighted by Crippen LogP contribution is 2.40. The predicted octanol–water partition coefficient (Wildman–Crippen LogP) is 6.73. The normalized spacial score (nSPS) is 14.7. The van der Waals surface area contributed by atoms with Gasteiger partial charge in [-0.15, -0.1) is 0 Å². The molecule has 0 radical (unpaired) electrons. The first-order valence-corrected chi connectivity index (χ1v) is 9.83. The quantitative estimate of drug-likeness (QED) is 0.490. The van der Waals surface area contributed by atoms with E-state index in [2.05, 4.69) is 72.7 Å². The van der Waals surface area contributed by atoms with Gasteiger partial charge in [-0.3, -0.25) is 4.79 Å². The lowest BCUT2D eigenvalue weighted by Gasteiger charge is -2.37. The first-order valence-electron chi connectivity index (χ1n) is 9.83. The van der Waals surface area contributed by atoms with Gasteiger partial charge >= 0.3 is 0 Å². The van der Waals surface area contributed by atoms with Crippen LogP contribution in [0.2, 0.25) is 0 Å². The number of Topliss-reactive ketones (excluding diaryl/α,β-unsaturated/α-hetero) is 1. The second-order valence-corrected chi connectivity index (χ2v) is 8.61. The van der Waals surface area contributed by atoms with Crippen LogP contribution in [-0.2, 0) is 16.6 Å². The van der Waals surface area contributed by atoms with E-state index in [0.29, 0.717) is 11.7 Å². The molecule has 136 valence electrons. The van der Waals surface area contributed by atoms with Crippen LogP contribution >= 0.6 is 0 Å². The summed E-state index contributed by atoms with van der Waals surface area (Å²) in [5.41, 5.74) is 1.82. The Bertz CT molecular complexity index is 517. The zero-order valence-electron chi connectivity index (χ0n) is 17.0. The topological polar surface area (TPSA) is 17.1 Å². The Hall–Kier alpha value is -1.11. The molecular formula is C23H38O. The van der Waals surface area contributed by atoms with Gasteiger partial charge in [-0.2, -0.15) is 0 Å². The van der Waals surface area contributed by atoms with E-state index in [4.69, 9.17) is 0 Å². The molecule has 0 aromatic heterocycles. The van der Waals surface area contributed by atoms with E-state index >= 15 is 0 Å². The number of aryl methyl sites for hydroxylation is 1. The summed E-state index contributed by atoms with van der Waals surface area (Å²) in [5.74, 6) is 1.00. The summed E-state index contributed by atoms with van der Waals surface area (Å²) in [6.07, 6.45) is 6.81. The summed E-state index contributed by atoms with van der Waals surface area (Å²) in [7, 11) is 0. The molecule has 1 aromatic rings. The van der Waals surface area contributed by atoms with Gasteiger partial charge in [-0.1, -0.05) is 91.5 Å². The number of carbonyl (C=O) groups is 1. The van der Waals surface area contributed by atoms with Crippen molar-refractivity contribution in [3.63, 3.8) is 0 Å². The van der Waals surface area contributed by atoms with Gasteiger partial charge in [0.15, 0.2) is 0 Å². The Morgan fingerprint density at radius 2 is 1.58 bits per heavy atom. The molecule has 0 aliphatic heterocycles. The molecule has 1 rings (SSSR count). The van der Waals surface area contributed by atoms with E-state index in [-0.39, 0.29) is 5.41 Å². The van der Waals surface area contributed by atoms with Crippen molar-refractivity contribution in [3.8, 4) is 0 Å². The Morgan fingerprint density at radius 1 is 1.00 bits per heavy atom. The molecule has 1 aromatic carbocycles. The minimum atomic E-state index is -0.390. The van der Waals surface area contributed by atoms with Crippen LogP contribution in [0.15, 0.2) is 24.3 Å². The van der Waals surface area contributed by atoms with Crippen LogP contribution in [0.4, 0.5) is 0 Å². The van der Waals surface area contributed by atoms with Crippen molar-refractivity contribution in [2.45, 2.75) is 92.4 Å². The third-order valence-electron chi connectivity index (χ3n) is 5.25. The maximum absolute atomic E-state index is 13.4. The molecule has 0 spiro atoms. The standard InChI is InChI=1S/C23H38O/c1-8-12-19(13-9-2)17-23(7,21(24)22(4,5)6)20-15-11-14-18(10-3)16-20/h11,14-16,19H,8-10,12-13,17H2,1-7H3. The lowest BCUT2D eigenvalue weighted by atomic mass is 9.64. The first kappa shape index (κ1) is 20.9. The predicted molar refractivity (Wildman–Crippen MR) is 106 cm³/mol. The lowest BCUT2D eigenvalue weighted by molar-refractivity contribution is -0.132. The Labute approximate surface area is 150 Å². The number of benzene rings is 1. The zero-order chi connectivity index (χ0) is 18.4. The van der Waals surface area contributed by atoms with E-state index in [1.54, 1.807) is 0 Å². The Balaban J connectivity index is 3.32. The molecule has 0 aliphatic carbocycles. The van der Waals surface area contributed by atoms with E-state index < -0.39 is 5.41 Å². The Morgan fingerprint density at radius 3 is 2.04 bits per heavy atom. The van der Waals surface area contributed by atoms with Gasteiger partial charge in [0, 0.05) is 5.41 Å². The van der Waals surface area contributed by atoms with E-state index in [1.807, 2.05) is 0 Å². The van der Waals surface area contributed by atoms with Crippen molar-refractivity contribution in [2.75, 3.05) is 0 Å². The fourth-order valence-electron chi connectivity index (χ4n) is 4.05. The van der Waals surface area contributed by atoms with Crippen molar-refractivity contribution >= 4 is 5.78 Å². The van der Waals surface area contributed by atoms with E-state index in [0.717, 1.165) is 12.8 Å². The van der Waals surface area contributed by atoms with E-state index in [9.17, 15) is 4.79 Å². The van der Waals surface area contributed by atoms with Crippen molar-refractivity contribution in [1.29, 1.82) is 0 Å². The molecule has 1 heteroatoms. The average molecular weight is 331 g/mol. The summed E-state index contributed by atoms with van der Waals surface area (Å²) in [4.78, 5) is 13.4. The maximum atomic E-state index is 13.4. The van der Waals surface area contributed by atoms with Gasteiger partial charge in [0.05, 0.1) is 5.41 Å². The van der Waals surface area contributed by atoms with Gasteiger partial charge in [-0.05, 0) is 36.8 Å². The summed E-state index contributed by atoms with van der Waals surface area (Å²) in [6.45, 7) is 15.1. The number of carbonyl (C=O) groups excluding carboxylic acids is 1. The minimum absolute atomic E-state index is 0.319. The molecule has 1 nitrogen and oxygen atoms in total. The van der Waals surface area contributed by atoms with Crippen LogP contribution in [0.3, 0.4) is 0 Å². The fraction of sp³-hybridized carbons (Fsp3) is 0.696. The van der Waals surface area contributed by atoms with E-state index in [1.165, 1.54) is 36.8 Å². The molecule has 0 heterocycles. The maximum Gasteiger partial charge on any atom is 0.148 e. The highest BCUT2D eigenvalue weighted by molar-refractivity contribution is 5.93. The summed E-state index contributed by atoms with van der Waals surface area (Å²) in [5, 5.41) is 0. The van der Waals surface area contributed by atoms with Crippen LogP contribution in [-0.4, -0.2) is 5.78 Å². The van der Waals surface area contributed by atoms with Gasteiger partial charge in [0.2, 0.25) is 0 Å². The van der Waals surface area contributed by atoms with Crippen LogP contribution in [0.25, 0.3) is 0 Å². The molecule has 24 heavy (non-hydrogen) atoms. The molecule has 0 fully saturated rings. The molecule has 0 bridgehead atoms. The SMILES string of the molecule is CCCC(CCC)CC(C)(C(=O)C(C)(C)C)c1cccc(CC)c1. The number of hydrogen-bond acceptors (Lipinski definition) is 1. The van der Waals surface area contributed by atoms with Gasteiger partial charge < -0.3 is 0 Å². The van der Waals surface area contributed by atoms with Crippen LogP contribution < -0.4 is 0 Å². The Kier molecular flexibility index (Phi) is 7.70. The fourth-order valence-corrected chi connectivity index (χ4v) is 4.05. The molecule has 0 amide bonds. The number of rotatable bonds is 9. The largest absolute Gasteiger partial charge is 0.298 e. The van der Waals surface area contributed by atoms with Crippen LogP contribution in [0.5, 0.6) is 0 Å². The molecule has 0 aliphatic rings. The van der Waals surface area contributed by atoms with Crippen molar-refractivity contribution in [3.05, 3.63) is 35.4 Å². The van der Waals surface area contributed by atoms with Gasteiger partial charge in [0.1, 0.15) is 5.78 Å². The summed E-state index contributed by atoms with van der Waals surface area (Å²) < 4.78 is 0. The molecule has 0 saturated heterocycles. The van der Waals surface area contributed by atoms with Gasteiger partial charge in [0.25, 0.3) is 0 Å². The highest BCUT2D eigenvalue weighted by Gasteiger charge is 2.42. The monoisotopic (exact) mass is 330 g/mol. The first-order chi connectivity index (χ1) is 11.2. The second kappa shape index (κ2) is 8.83. The number of ketones is 1. The van der Waals surface area contributed by atoms with Crippen molar-refractivity contribution in [2.24, 2.45) is 11.3 Å². The number of hydrogen-bond donors (Lipinski definition) is 0. The van der Waals surface area contributed by atoms with Crippen molar-refractivity contribution < 1.29 is 4.79 Å². The van der Waals surface area contributed by atoms with Crippen LogP contribution in [0.1, 0.15) is 91.7 Å². The lowest BCUT2D eigenvalue weighted by Crippen LogP contribution is -2.42. The summed E-state index contributed by atoms with van der Waals surface area (Å²) >= 11 is 0. The third kappa shape index (κ3) is 5.19. The average Bonchev–Trinajstić information content (AvgIpc) is 2.53. The highest BCUT2D eigenvalue weighted by atomic mass is 16.1. The van der Waals surface area contributed by atoms with Crippen molar-refractivity contribution in [1.82, 2.24) is 0 Å². The molecule has 0 N–H and O–H groups in total. The zero-order valence-corrected chi connectivity index (χ0v) is 17.0. The molecule has 0 saturated carbocycles. The minimum Gasteiger partial charge on any atom is -0.298 e. The molecular weight excluding hydrogens is 292 g/mol. The molecule has 1 unspecified atom stereocenters. The third-order valence-corrected chi connectivity index (χ3v) is 5.25. The summed E-state index contributed by atoms with van der Waals surface area (Å²) in [6, 6.07) is 8.72. The second-order valence-electron chi connectivity index (χ2n) is 8.61. The van der Waals surface area contributed by atoms with Crippen LogP contribution in [0, 0.1) is 11.3 Å². The van der Waals surface area contributed by atoms with Gasteiger partial charge in [-0.25, -0.2) is 0 Å². The smallest absolute Gasteiger partial charge is 0.148 e. The molecule has 1 atom stereocenters.